The molecule has 0 saturated heterocycles. The fourth-order valence-electron chi connectivity index (χ4n) is 3.64. The molecule has 2 aromatic rings. The van der Waals surface area contributed by atoms with Crippen LogP contribution in [0.4, 0.5) is 5.69 Å². The van der Waals surface area contributed by atoms with E-state index in [1.165, 1.54) is 0 Å². The zero-order valence-electron chi connectivity index (χ0n) is 16.8. The number of fused-ring (bicyclic) bond motifs is 1. The average molecular weight is 357 g/mol. The smallest absolute Gasteiger partial charge is 0.256 e. The van der Waals surface area contributed by atoms with Crippen molar-refractivity contribution in [3.8, 4) is 5.75 Å². The molecule has 26 heavy (non-hydrogen) atoms. The van der Waals surface area contributed by atoms with E-state index in [1.807, 2.05) is 36.4 Å². The van der Waals surface area contributed by atoms with Crippen molar-refractivity contribution in [3.63, 3.8) is 0 Å². The van der Waals surface area contributed by atoms with E-state index in [2.05, 4.69) is 33.0 Å². The van der Waals surface area contributed by atoms with E-state index < -0.39 is 5.60 Å². The van der Waals surface area contributed by atoms with Gasteiger partial charge in [-0.1, -0.05) is 52.0 Å². The first-order chi connectivity index (χ1) is 12.3. The van der Waals surface area contributed by atoms with Gasteiger partial charge < -0.3 is 14.8 Å². The molecule has 1 amide bonds. The molecule has 0 aliphatic heterocycles. The first kappa shape index (κ1) is 20.2. The maximum atomic E-state index is 13.3. The van der Waals surface area contributed by atoms with Crippen LogP contribution in [0.2, 0.25) is 0 Å². The Bertz CT molecular complexity index is 742. The van der Waals surface area contributed by atoms with E-state index in [0.717, 1.165) is 22.2 Å². The lowest BCUT2D eigenvalue weighted by Gasteiger charge is -2.34. The van der Waals surface area contributed by atoms with Gasteiger partial charge >= 0.3 is 0 Å². The Balaban J connectivity index is 2.42. The number of carbonyl (C=O) groups is 1. The number of carbonyl (C=O) groups excluding carboxylic acids is 1. The molecule has 2 rings (SSSR count). The van der Waals surface area contributed by atoms with Crippen molar-refractivity contribution in [2.24, 2.45) is 11.8 Å². The number of amides is 1. The number of hydrogen-bond donors (Lipinski definition) is 1. The van der Waals surface area contributed by atoms with Gasteiger partial charge in [0.1, 0.15) is 11.4 Å². The number of anilines is 1. The van der Waals surface area contributed by atoms with Gasteiger partial charge in [0.15, 0.2) is 0 Å². The van der Waals surface area contributed by atoms with E-state index in [4.69, 9.17) is 9.47 Å². The first-order valence-electron chi connectivity index (χ1n) is 9.25. The van der Waals surface area contributed by atoms with E-state index in [-0.39, 0.29) is 5.91 Å². The Morgan fingerprint density at radius 2 is 1.54 bits per heavy atom. The molecule has 0 heterocycles. The van der Waals surface area contributed by atoms with Gasteiger partial charge in [-0.25, -0.2) is 0 Å². The number of methoxy groups -OCH3 is 2. The van der Waals surface area contributed by atoms with Crippen LogP contribution in [-0.2, 0) is 9.53 Å². The summed E-state index contributed by atoms with van der Waals surface area (Å²) in [7, 11) is 3.29. The summed E-state index contributed by atoms with van der Waals surface area (Å²) in [5.74, 6) is 1.41. The van der Waals surface area contributed by atoms with Crippen LogP contribution in [0.3, 0.4) is 0 Å². The van der Waals surface area contributed by atoms with Gasteiger partial charge in [0.2, 0.25) is 0 Å². The van der Waals surface area contributed by atoms with Crippen LogP contribution in [0.5, 0.6) is 5.75 Å². The Kier molecular flexibility index (Phi) is 6.65. The summed E-state index contributed by atoms with van der Waals surface area (Å²) in [5.41, 5.74) is -0.0519. The lowest BCUT2D eigenvalue weighted by atomic mass is 9.84. The molecule has 142 valence electrons. The van der Waals surface area contributed by atoms with E-state index in [0.29, 0.717) is 24.7 Å². The minimum Gasteiger partial charge on any atom is -0.496 e. The Morgan fingerprint density at radius 1 is 0.962 bits per heavy atom. The van der Waals surface area contributed by atoms with Gasteiger partial charge in [-0.2, -0.15) is 0 Å². The molecule has 4 heteroatoms. The summed E-state index contributed by atoms with van der Waals surface area (Å²) >= 11 is 0. The molecule has 0 bridgehead atoms. The van der Waals surface area contributed by atoms with E-state index in [9.17, 15) is 4.79 Å². The second-order valence-electron chi connectivity index (χ2n) is 7.71. The predicted octanol–water partition coefficient (Wildman–Crippen LogP) is 5.26. The van der Waals surface area contributed by atoms with Gasteiger partial charge in [0.05, 0.1) is 7.11 Å². The van der Waals surface area contributed by atoms with Crippen molar-refractivity contribution in [1.82, 2.24) is 0 Å². The van der Waals surface area contributed by atoms with Crippen molar-refractivity contribution in [2.45, 2.75) is 46.1 Å². The first-order valence-corrected chi connectivity index (χ1v) is 9.25. The van der Waals surface area contributed by atoms with Crippen molar-refractivity contribution in [2.75, 3.05) is 19.5 Å². The second-order valence-corrected chi connectivity index (χ2v) is 7.71. The molecule has 0 radical (unpaired) electrons. The van der Waals surface area contributed by atoms with E-state index >= 15 is 0 Å². The number of ether oxygens (including phenoxy) is 2. The number of benzene rings is 2. The average Bonchev–Trinajstić information content (AvgIpc) is 2.60. The quantitative estimate of drug-likeness (QED) is 0.700. The monoisotopic (exact) mass is 357 g/mol. The molecule has 0 atom stereocenters. The highest BCUT2D eigenvalue weighted by molar-refractivity contribution is 6.06. The molecule has 2 aromatic carbocycles. The topological polar surface area (TPSA) is 47.6 Å². The molecule has 0 aliphatic rings. The van der Waals surface area contributed by atoms with Gasteiger partial charge in [-0.3, -0.25) is 4.79 Å². The molecule has 1 N–H and O–H groups in total. The minimum absolute atomic E-state index is 0.0854. The van der Waals surface area contributed by atoms with Gasteiger partial charge in [0.25, 0.3) is 5.91 Å². The maximum absolute atomic E-state index is 13.3. The largest absolute Gasteiger partial charge is 0.496 e. The molecule has 4 nitrogen and oxygen atoms in total. The molecule has 0 fully saturated rings. The molecule has 0 saturated carbocycles. The summed E-state index contributed by atoms with van der Waals surface area (Å²) in [6.45, 7) is 8.46. The third kappa shape index (κ3) is 4.36. The van der Waals surface area contributed by atoms with Crippen LogP contribution in [0.1, 0.15) is 40.5 Å². The van der Waals surface area contributed by atoms with Crippen LogP contribution in [0.15, 0.2) is 36.4 Å². The third-order valence-corrected chi connectivity index (χ3v) is 4.63. The fourth-order valence-corrected chi connectivity index (χ4v) is 3.64. The number of nitrogens with one attached hydrogen (secondary N) is 1. The Morgan fingerprint density at radius 3 is 2.04 bits per heavy atom. The molecular weight excluding hydrogens is 326 g/mol. The standard InChI is InChI=1S/C22H31NO3/c1-15(2)13-22(26-6,14-16(3)4)21(24)23-19-11-12-20(25-5)18-10-8-7-9-17(18)19/h7-12,15-16H,13-14H2,1-6H3,(H,23,24). The highest BCUT2D eigenvalue weighted by Crippen LogP contribution is 2.34. The van der Waals surface area contributed by atoms with Crippen LogP contribution in [-0.4, -0.2) is 25.7 Å². The summed E-state index contributed by atoms with van der Waals surface area (Å²) < 4.78 is 11.3. The molecule has 0 aliphatic carbocycles. The number of hydrogen-bond acceptors (Lipinski definition) is 3. The van der Waals surface area contributed by atoms with Crippen molar-refractivity contribution in [1.29, 1.82) is 0 Å². The van der Waals surface area contributed by atoms with Crippen LogP contribution >= 0.6 is 0 Å². The molecule has 0 aromatic heterocycles. The highest BCUT2D eigenvalue weighted by Gasteiger charge is 2.39. The second kappa shape index (κ2) is 8.54. The zero-order valence-corrected chi connectivity index (χ0v) is 16.8. The Labute approximate surface area is 156 Å². The van der Waals surface area contributed by atoms with Crippen molar-refractivity contribution < 1.29 is 14.3 Å². The maximum Gasteiger partial charge on any atom is 0.256 e. The summed E-state index contributed by atoms with van der Waals surface area (Å²) in [4.78, 5) is 13.3. The lowest BCUT2D eigenvalue weighted by Crippen LogP contribution is -2.47. The van der Waals surface area contributed by atoms with Crippen molar-refractivity contribution in [3.05, 3.63) is 36.4 Å². The zero-order chi connectivity index (χ0) is 19.3. The SMILES string of the molecule is COc1ccc(NC(=O)C(CC(C)C)(CC(C)C)OC)c2ccccc12. The summed E-state index contributed by atoms with van der Waals surface area (Å²) in [6, 6.07) is 11.7. The normalized spacial score (nSPS) is 12.0. The van der Waals surface area contributed by atoms with Gasteiger partial charge in [-0.15, -0.1) is 0 Å². The predicted molar refractivity (Wildman–Crippen MR) is 108 cm³/mol. The van der Waals surface area contributed by atoms with Gasteiger partial charge in [-0.05, 0) is 36.8 Å². The minimum atomic E-state index is -0.830. The fraction of sp³-hybridized carbons (Fsp3) is 0.500. The van der Waals surface area contributed by atoms with Crippen LogP contribution in [0.25, 0.3) is 10.8 Å². The summed E-state index contributed by atoms with van der Waals surface area (Å²) in [6.07, 6.45) is 1.36. The van der Waals surface area contributed by atoms with Crippen LogP contribution < -0.4 is 10.1 Å². The molecule has 0 spiro atoms. The molecular formula is C22H31NO3. The summed E-state index contributed by atoms with van der Waals surface area (Å²) in [5, 5.41) is 5.05. The van der Waals surface area contributed by atoms with Crippen LogP contribution in [0, 0.1) is 11.8 Å². The number of rotatable bonds is 8. The van der Waals surface area contributed by atoms with E-state index in [1.54, 1.807) is 14.2 Å². The third-order valence-electron chi connectivity index (χ3n) is 4.63. The Hall–Kier alpha value is -2.07. The van der Waals surface area contributed by atoms with Gasteiger partial charge in [0, 0.05) is 23.6 Å². The van der Waals surface area contributed by atoms with Crippen molar-refractivity contribution >= 4 is 22.4 Å². The highest BCUT2D eigenvalue weighted by atomic mass is 16.5. The lowest BCUT2D eigenvalue weighted by molar-refractivity contribution is -0.142. The molecule has 0 unspecified atom stereocenters.